The summed E-state index contributed by atoms with van der Waals surface area (Å²) >= 11 is 6.13. The van der Waals surface area contributed by atoms with Crippen LogP contribution < -0.4 is 5.56 Å². The first kappa shape index (κ1) is 20.8. The Kier molecular flexibility index (Phi) is 5.67. The summed E-state index contributed by atoms with van der Waals surface area (Å²) in [6, 6.07) is 13.6. The number of para-hydroxylation sites is 1. The SMILES string of the molecule is Cc1c(C(=O)c2ccccc2[N+](=O)[O-])c(O)n(Cc2ccccc2Cl)c(=O)c1C#N. The summed E-state index contributed by atoms with van der Waals surface area (Å²) in [5.41, 5.74) is -1.80. The molecule has 1 N–H and O–H groups in total. The Morgan fingerprint density at radius 3 is 2.50 bits per heavy atom. The van der Waals surface area contributed by atoms with Gasteiger partial charge >= 0.3 is 0 Å². The molecule has 30 heavy (non-hydrogen) atoms. The lowest BCUT2D eigenvalue weighted by molar-refractivity contribution is -0.385. The molecular weight excluding hydrogens is 410 g/mol. The number of hydrogen-bond acceptors (Lipinski definition) is 6. The summed E-state index contributed by atoms with van der Waals surface area (Å²) in [6.07, 6.45) is 0. The number of nitro groups is 1. The first-order valence-electron chi connectivity index (χ1n) is 8.65. The van der Waals surface area contributed by atoms with Gasteiger partial charge in [-0.2, -0.15) is 5.26 Å². The van der Waals surface area contributed by atoms with E-state index in [-0.39, 0.29) is 28.8 Å². The largest absolute Gasteiger partial charge is 0.494 e. The van der Waals surface area contributed by atoms with Crippen LogP contribution in [0.2, 0.25) is 5.02 Å². The highest BCUT2D eigenvalue weighted by Gasteiger charge is 2.29. The molecular formula is C21H14ClN3O5. The third kappa shape index (κ3) is 3.54. The molecule has 3 rings (SSSR count). The number of aromatic nitrogens is 1. The highest BCUT2D eigenvalue weighted by molar-refractivity contribution is 6.31. The maximum absolute atomic E-state index is 13.1. The van der Waals surface area contributed by atoms with Gasteiger partial charge in [0.1, 0.15) is 17.2 Å². The van der Waals surface area contributed by atoms with Crippen LogP contribution in [0.25, 0.3) is 0 Å². The van der Waals surface area contributed by atoms with Crippen LogP contribution in [0.5, 0.6) is 5.88 Å². The number of nitrogens with zero attached hydrogens (tertiary/aromatic N) is 3. The average molecular weight is 424 g/mol. The Morgan fingerprint density at radius 2 is 1.87 bits per heavy atom. The summed E-state index contributed by atoms with van der Waals surface area (Å²) in [4.78, 5) is 36.5. The fraction of sp³-hybridized carbons (Fsp3) is 0.0952. The number of pyridine rings is 1. The molecule has 0 fully saturated rings. The number of nitriles is 1. The van der Waals surface area contributed by atoms with Crippen LogP contribution in [0.4, 0.5) is 5.69 Å². The fourth-order valence-electron chi connectivity index (χ4n) is 3.13. The first-order valence-corrected chi connectivity index (χ1v) is 9.03. The van der Waals surface area contributed by atoms with E-state index in [1.165, 1.54) is 25.1 Å². The number of rotatable bonds is 5. The van der Waals surface area contributed by atoms with E-state index in [1.54, 1.807) is 30.3 Å². The van der Waals surface area contributed by atoms with Gasteiger partial charge in [0.25, 0.3) is 11.2 Å². The van der Waals surface area contributed by atoms with Crippen molar-refractivity contribution in [2.24, 2.45) is 0 Å². The quantitative estimate of drug-likeness (QED) is 0.379. The second kappa shape index (κ2) is 8.19. The Morgan fingerprint density at radius 1 is 1.23 bits per heavy atom. The van der Waals surface area contributed by atoms with Crippen molar-refractivity contribution >= 4 is 23.1 Å². The second-order valence-electron chi connectivity index (χ2n) is 6.40. The van der Waals surface area contributed by atoms with E-state index in [1.807, 2.05) is 0 Å². The predicted octanol–water partition coefficient (Wildman–Crippen LogP) is 3.57. The molecule has 9 heteroatoms. The maximum atomic E-state index is 13.1. The van der Waals surface area contributed by atoms with Crippen LogP contribution >= 0.6 is 11.6 Å². The van der Waals surface area contributed by atoms with Gasteiger partial charge in [-0.3, -0.25) is 24.3 Å². The van der Waals surface area contributed by atoms with Gasteiger partial charge in [-0.1, -0.05) is 41.9 Å². The van der Waals surface area contributed by atoms with Crippen molar-refractivity contribution in [3.05, 3.63) is 102 Å². The molecule has 0 spiro atoms. The topological polar surface area (TPSA) is 126 Å². The van der Waals surface area contributed by atoms with Crippen molar-refractivity contribution < 1.29 is 14.8 Å². The van der Waals surface area contributed by atoms with Gasteiger partial charge in [0.2, 0.25) is 11.7 Å². The van der Waals surface area contributed by atoms with Gasteiger partial charge in [0, 0.05) is 11.1 Å². The summed E-state index contributed by atoms with van der Waals surface area (Å²) in [6.45, 7) is 1.14. The zero-order chi connectivity index (χ0) is 22.0. The number of halogens is 1. The lowest BCUT2D eigenvalue weighted by atomic mass is 9.96. The normalized spacial score (nSPS) is 10.4. The van der Waals surface area contributed by atoms with E-state index in [0.717, 1.165) is 10.6 Å². The highest BCUT2D eigenvalue weighted by Crippen LogP contribution is 2.29. The molecule has 0 saturated carbocycles. The molecule has 1 aromatic heterocycles. The third-order valence-electron chi connectivity index (χ3n) is 4.66. The Bertz CT molecular complexity index is 1290. The molecule has 150 valence electrons. The van der Waals surface area contributed by atoms with Crippen molar-refractivity contribution in [2.45, 2.75) is 13.5 Å². The van der Waals surface area contributed by atoms with Crippen LogP contribution in [0.3, 0.4) is 0 Å². The molecule has 0 atom stereocenters. The molecule has 0 saturated heterocycles. The van der Waals surface area contributed by atoms with Crippen LogP contribution in [-0.4, -0.2) is 20.4 Å². The molecule has 0 aliphatic heterocycles. The zero-order valence-corrected chi connectivity index (χ0v) is 16.4. The monoisotopic (exact) mass is 423 g/mol. The fourth-order valence-corrected chi connectivity index (χ4v) is 3.32. The van der Waals surface area contributed by atoms with E-state index in [2.05, 4.69) is 0 Å². The standard InChI is InChI=1S/C21H14ClN3O5/c1-12-15(10-23)20(27)24(11-13-6-2-4-8-16(13)22)21(28)18(12)19(26)14-7-3-5-9-17(14)25(29)30/h2-9,28H,11H2,1H3. The summed E-state index contributed by atoms with van der Waals surface area (Å²) in [5.74, 6) is -1.57. The number of hydrogen-bond donors (Lipinski definition) is 1. The minimum absolute atomic E-state index is 0.0569. The highest BCUT2D eigenvalue weighted by atomic mass is 35.5. The summed E-state index contributed by atoms with van der Waals surface area (Å²) in [7, 11) is 0. The van der Waals surface area contributed by atoms with Gasteiger partial charge in [0.05, 0.1) is 17.0 Å². The zero-order valence-electron chi connectivity index (χ0n) is 15.6. The number of carbonyl (C=O) groups excluding carboxylic acids is 1. The van der Waals surface area contributed by atoms with E-state index >= 15 is 0 Å². The first-order chi connectivity index (χ1) is 14.3. The summed E-state index contributed by atoms with van der Waals surface area (Å²) in [5, 5.41) is 31.9. The smallest absolute Gasteiger partial charge is 0.280 e. The van der Waals surface area contributed by atoms with Crippen LogP contribution in [-0.2, 0) is 6.54 Å². The van der Waals surface area contributed by atoms with Gasteiger partial charge < -0.3 is 5.11 Å². The van der Waals surface area contributed by atoms with Crippen molar-refractivity contribution in [3.63, 3.8) is 0 Å². The molecule has 2 aromatic carbocycles. The molecule has 0 aliphatic carbocycles. The third-order valence-corrected chi connectivity index (χ3v) is 5.03. The maximum Gasteiger partial charge on any atom is 0.280 e. The van der Waals surface area contributed by atoms with Crippen molar-refractivity contribution in [1.82, 2.24) is 4.57 Å². The Hall–Kier alpha value is -3.96. The number of ketones is 1. The molecule has 0 amide bonds. The van der Waals surface area contributed by atoms with Crippen molar-refractivity contribution in [3.8, 4) is 11.9 Å². The van der Waals surface area contributed by atoms with Crippen molar-refractivity contribution in [1.29, 1.82) is 5.26 Å². The number of benzene rings is 2. The van der Waals surface area contributed by atoms with Crippen molar-refractivity contribution in [2.75, 3.05) is 0 Å². The molecule has 0 unspecified atom stereocenters. The number of aromatic hydroxyl groups is 1. The van der Waals surface area contributed by atoms with Gasteiger partial charge in [0.15, 0.2) is 0 Å². The lowest BCUT2D eigenvalue weighted by Crippen LogP contribution is -2.27. The Labute approximate surface area is 175 Å². The Balaban J connectivity index is 2.28. The minimum atomic E-state index is -0.873. The molecule has 0 bridgehead atoms. The minimum Gasteiger partial charge on any atom is -0.494 e. The second-order valence-corrected chi connectivity index (χ2v) is 6.80. The van der Waals surface area contributed by atoms with E-state index in [0.29, 0.717) is 10.6 Å². The number of nitro benzene ring substituents is 1. The molecule has 8 nitrogen and oxygen atoms in total. The average Bonchev–Trinajstić information content (AvgIpc) is 2.72. The predicted molar refractivity (Wildman–Crippen MR) is 109 cm³/mol. The molecule has 3 aromatic rings. The van der Waals surface area contributed by atoms with E-state index < -0.39 is 27.8 Å². The van der Waals surface area contributed by atoms with Gasteiger partial charge in [-0.25, -0.2) is 0 Å². The van der Waals surface area contributed by atoms with Crippen LogP contribution in [0, 0.1) is 28.4 Å². The molecule has 0 radical (unpaired) electrons. The van der Waals surface area contributed by atoms with Gasteiger partial charge in [-0.05, 0) is 30.2 Å². The number of carbonyl (C=O) groups is 1. The van der Waals surface area contributed by atoms with Gasteiger partial charge in [-0.15, -0.1) is 0 Å². The van der Waals surface area contributed by atoms with E-state index in [4.69, 9.17) is 11.6 Å². The molecule has 0 aliphatic rings. The van der Waals surface area contributed by atoms with Crippen LogP contribution in [0.1, 0.15) is 32.6 Å². The van der Waals surface area contributed by atoms with Crippen LogP contribution in [0.15, 0.2) is 53.3 Å². The molecule has 1 heterocycles. The van der Waals surface area contributed by atoms with E-state index in [9.17, 15) is 30.1 Å². The summed E-state index contributed by atoms with van der Waals surface area (Å²) < 4.78 is 0.856. The lowest BCUT2D eigenvalue weighted by Gasteiger charge is -2.16.